The molecule has 0 aliphatic rings. The fourth-order valence-electron chi connectivity index (χ4n) is 6.57. The number of hydrogen-bond acceptors (Lipinski definition) is 4. The van der Waals surface area contributed by atoms with Gasteiger partial charge in [-0.3, -0.25) is 0 Å². The Kier molecular flexibility index (Phi) is 4.87. The molecule has 0 N–H and O–H groups in total. The van der Waals surface area contributed by atoms with E-state index in [1.54, 1.807) is 11.3 Å². The molecule has 6 aromatic carbocycles. The lowest BCUT2D eigenvalue weighted by molar-refractivity contribution is 0.670. The number of fused-ring (bicyclic) bond motifs is 9. The molecule has 0 amide bonds. The summed E-state index contributed by atoms with van der Waals surface area (Å²) < 4.78 is 10.7. The van der Waals surface area contributed by atoms with Crippen LogP contribution in [0.25, 0.3) is 80.7 Å². The molecule has 0 fully saturated rings. The molecule has 0 radical (unpaired) electrons. The summed E-state index contributed by atoms with van der Waals surface area (Å²) in [5.41, 5.74) is 7.96. The van der Waals surface area contributed by atoms with Gasteiger partial charge < -0.3 is 8.98 Å². The minimum atomic E-state index is 0.622. The van der Waals surface area contributed by atoms with Crippen LogP contribution in [0.15, 0.2) is 120 Å². The predicted molar refractivity (Wildman–Crippen MR) is 176 cm³/mol. The Balaban J connectivity index is 1.35. The van der Waals surface area contributed by atoms with Crippen LogP contribution >= 0.6 is 11.3 Å². The number of rotatable bonds is 2. The van der Waals surface area contributed by atoms with Gasteiger partial charge in [-0.05, 0) is 48.0 Å². The lowest BCUT2D eigenvalue weighted by Crippen LogP contribution is -1.94. The molecule has 43 heavy (non-hydrogen) atoms. The van der Waals surface area contributed by atoms with Gasteiger partial charge in [0.05, 0.1) is 43.3 Å². The zero-order chi connectivity index (χ0) is 28.7. The number of furan rings is 1. The van der Waals surface area contributed by atoms with Crippen LogP contribution in [0, 0.1) is 22.7 Å². The SMILES string of the molecule is N#Cc1ccc2c3ccccc3n(-c3cccc4c3sc3c(C#N)cc(-c5cccc6c5oc5ccccc56)cc34)c2c1. The standard InChI is InChI=1S/C38H19N3OS/c39-20-22-15-16-27-26-7-1-3-12-32(26)41(34(27)17-22)33-13-6-11-30-31-19-23(18-24(21-40)37(31)43-38(30)33)25-9-5-10-29-28-8-2-4-14-35(28)42-36(25)29/h1-19H. The second kappa shape index (κ2) is 8.81. The molecule has 0 spiro atoms. The Bertz CT molecular complexity index is 2710. The van der Waals surface area contributed by atoms with Gasteiger partial charge in [-0.1, -0.05) is 72.8 Å². The summed E-state index contributed by atoms with van der Waals surface area (Å²) in [5, 5.41) is 26.6. The Morgan fingerprint density at radius 1 is 0.581 bits per heavy atom. The van der Waals surface area contributed by atoms with Gasteiger partial charge in [0.25, 0.3) is 0 Å². The van der Waals surface area contributed by atoms with Gasteiger partial charge in [0.1, 0.15) is 17.2 Å². The topological polar surface area (TPSA) is 65.7 Å². The van der Waals surface area contributed by atoms with Crippen LogP contribution in [0.2, 0.25) is 0 Å². The van der Waals surface area contributed by atoms with E-state index in [-0.39, 0.29) is 0 Å². The van der Waals surface area contributed by atoms with Crippen LogP contribution in [0.5, 0.6) is 0 Å². The summed E-state index contributed by atoms with van der Waals surface area (Å²) in [4.78, 5) is 0. The molecule has 0 unspecified atom stereocenters. The van der Waals surface area contributed by atoms with Gasteiger partial charge in [-0.2, -0.15) is 10.5 Å². The quantitative estimate of drug-likeness (QED) is 0.209. The normalized spacial score (nSPS) is 11.7. The third-order valence-corrected chi connectivity index (χ3v) is 9.73. The molecule has 9 aromatic rings. The molecule has 0 atom stereocenters. The number of nitriles is 2. The van der Waals surface area contributed by atoms with Crippen molar-refractivity contribution in [2.45, 2.75) is 0 Å². The molecule has 4 nitrogen and oxygen atoms in total. The van der Waals surface area contributed by atoms with Crippen LogP contribution in [-0.2, 0) is 0 Å². The number of aromatic nitrogens is 1. The number of benzene rings is 6. The van der Waals surface area contributed by atoms with Crippen LogP contribution in [0.3, 0.4) is 0 Å². The van der Waals surface area contributed by atoms with E-state index < -0.39 is 0 Å². The molecule has 3 heterocycles. The Hall–Kier alpha value is -5.88. The molecular weight excluding hydrogens is 547 g/mol. The fourth-order valence-corrected chi connectivity index (χ4v) is 7.82. The van der Waals surface area contributed by atoms with E-state index in [4.69, 9.17) is 4.42 Å². The molecule has 5 heteroatoms. The molecule has 0 aliphatic heterocycles. The first-order chi connectivity index (χ1) is 21.2. The van der Waals surface area contributed by atoms with E-state index in [0.29, 0.717) is 11.1 Å². The third kappa shape index (κ3) is 3.29. The van der Waals surface area contributed by atoms with E-state index in [9.17, 15) is 10.5 Å². The lowest BCUT2D eigenvalue weighted by atomic mass is 9.98. The first-order valence-corrected chi connectivity index (χ1v) is 14.8. The summed E-state index contributed by atoms with van der Waals surface area (Å²) in [6.07, 6.45) is 0. The maximum atomic E-state index is 10.4. The number of thiophene rings is 1. The lowest BCUT2D eigenvalue weighted by Gasteiger charge is -2.09. The highest BCUT2D eigenvalue weighted by Gasteiger charge is 2.20. The summed E-state index contributed by atoms with van der Waals surface area (Å²) >= 11 is 1.64. The van der Waals surface area contributed by atoms with Gasteiger partial charge in [-0.15, -0.1) is 11.3 Å². The highest BCUT2D eigenvalue weighted by atomic mass is 32.1. The molecule has 0 saturated heterocycles. The maximum Gasteiger partial charge on any atom is 0.143 e. The first kappa shape index (κ1) is 23.8. The largest absolute Gasteiger partial charge is 0.455 e. The van der Waals surface area contributed by atoms with E-state index in [0.717, 1.165) is 80.7 Å². The third-order valence-electron chi connectivity index (χ3n) is 8.46. The van der Waals surface area contributed by atoms with Crippen molar-refractivity contribution < 1.29 is 4.42 Å². The maximum absolute atomic E-state index is 10.4. The highest BCUT2D eigenvalue weighted by Crippen LogP contribution is 2.44. The van der Waals surface area contributed by atoms with Crippen LogP contribution in [-0.4, -0.2) is 4.57 Å². The monoisotopic (exact) mass is 565 g/mol. The highest BCUT2D eigenvalue weighted by molar-refractivity contribution is 7.26. The number of para-hydroxylation sites is 3. The molecule has 9 rings (SSSR count). The second-order valence-corrected chi connectivity index (χ2v) is 11.8. The summed E-state index contributed by atoms with van der Waals surface area (Å²) in [6, 6.07) is 43.8. The van der Waals surface area contributed by atoms with Crippen molar-refractivity contribution in [2.75, 3.05) is 0 Å². The van der Waals surface area contributed by atoms with Crippen molar-refractivity contribution in [2.24, 2.45) is 0 Å². The fraction of sp³-hybridized carbons (Fsp3) is 0. The number of hydrogen-bond donors (Lipinski definition) is 0. The van der Waals surface area contributed by atoms with Crippen molar-refractivity contribution in [3.05, 3.63) is 126 Å². The Morgan fingerprint density at radius 2 is 1.35 bits per heavy atom. The van der Waals surface area contributed by atoms with E-state index in [2.05, 4.69) is 77.4 Å². The van der Waals surface area contributed by atoms with Gasteiger partial charge >= 0.3 is 0 Å². The first-order valence-electron chi connectivity index (χ1n) is 14.0. The zero-order valence-electron chi connectivity index (χ0n) is 22.6. The van der Waals surface area contributed by atoms with Crippen molar-refractivity contribution in [1.29, 1.82) is 10.5 Å². The average Bonchev–Trinajstić information content (AvgIpc) is 3.73. The van der Waals surface area contributed by atoms with Gasteiger partial charge in [0.15, 0.2) is 0 Å². The number of nitrogens with zero attached hydrogens (tertiary/aromatic N) is 3. The van der Waals surface area contributed by atoms with Gasteiger partial charge in [0, 0.05) is 37.9 Å². The van der Waals surface area contributed by atoms with Crippen LogP contribution in [0.4, 0.5) is 0 Å². The smallest absolute Gasteiger partial charge is 0.143 e. The van der Waals surface area contributed by atoms with E-state index >= 15 is 0 Å². The predicted octanol–water partition coefficient (Wildman–Crippen LogP) is 10.5. The van der Waals surface area contributed by atoms with Crippen molar-refractivity contribution in [3.63, 3.8) is 0 Å². The molecule has 198 valence electrons. The van der Waals surface area contributed by atoms with Crippen molar-refractivity contribution in [3.8, 4) is 29.0 Å². The molecule has 0 saturated carbocycles. The van der Waals surface area contributed by atoms with Crippen LogP contribution < -0.4 is 0 Å². The van der Waals surface area contributed by atoms with E-state index in [1.807, 2.05) is 54.6 Å². The summed E-state index contributed by atoms with van der Waals surface area (Å²) in [7, 11) is 0. The summed E-state index contributed by atoms with van der Waals surface area (Å²) in [6.45, 7) is 0. The van der Waals surface area contributed by atoms with Gasteiger partial charge in [-0.25, -0.2) is 0 Å². The summed E-state index contributed by atoms with van der Waals surface area (Å²) in [5.74, 6) is 0. The minimum absolute atomic E-state index is 0.622. The zero-order valence-corrected chi connectivity index (χ0v) is 23.4. The second-order valence-electron chi connectivity index (χ2n) is 10.7. The van der Waals surface area contributed by atoms with Crippen LogP contribution in [0.1, 0.15) is 11.1 Å². The Morgan fingerprint density at radius 3 is 2.23 bits per heavy atom. The molecular formula is C38H19N3OS. The van der Waals surface area contributed by atoms with Crippen molar-refractivity contribution in [1.82, 2.24) is 4.57 Å². The van der Waals surface area contributed by atoms with Gasteiger partial charge in [0.2, 0.25) is 0 Å². The van der Waals surface area contributed by atoms with E-state index in [1.165, 1.54) is 0 Å². The average molecular weight is 566 g/mol. The Labute approximate surface area is 249 Å². The molecule has 0 bridgehead atoms. The molecule has 3 aromatic heterocycles. The molecule has 0 aliphatic carbocycles. The minimum Gasteiger partial charge on any atom is -0.455 e. The van der Waals surface area contributed by atoms with Crippen molar-refractivity contribution >= 4 is 75.3 Å².